The topological polar surface area (TPSA) is 78.4 Å². The third-order valence-electron chi connectivity index (χ3n) is 3.53. The van der Waals surface area contributed by atoms with Gasteiger partial charge in [0.2, 0.25) is 0 Å². The number of urea groups is 1. The maximum Gasteiger partial charge on any atom is 0.315 e. The van der Waals surface area contributed by atoms with Crippen LogP contribution in [0.1, 0.15) is 40.5 Å². The lowest BCUT2D eigenvalue weighted by Gasteiger charge is -2.27. The summed E-state index contributed by atoms with van der Waals surface area (Å²) in [7, 11) is 0. The van der Waals surface area contributed by atoms with E-state index in [1.54, 1.807) is 13.8 Å². The molecule has 0 heterocycles. The molecule has 0 aromatic rings. The maximum atomic E-state index is 11.7. The summed E-state index contributed by atoms with van der Waals surface area (Å²) in [6, 6.07) is -0.786. The highest BCUT2D eigenvalue weighted by Gasteiger charge is 2.35. The third-order valence-corrected chi connectivity index (χ3v) is 3.53. The summed E-state index contributed by atoms with van der Waals surface area (Å²) in [4.78, 5) is 23.0. The molecule has 0 aromatic heterocycles. The molecule has 0 bridgehead atoms. The molecule has 0 aliphatic carbocycles. The Morgan fingerprint density at radius 1 is 1.32 bits per heavy atom. The zero-order chi connectivity index (χ0) is 15.1. The minimum absolute atomic E-state index is 0.0938. The van der Waals surface area contributed by atoms with Crippen LogP contribution in [0, 0.1) is 23.7 Å². The first-order valence-electron chi connectivity index (χ1n) is 6.56. The fraction of sp³-hybridized carbons (Fsp3) is 0.714. The number of terminal acetylenes is 1. The van der Waals surface area contributed by atoms with Gasteiger partial charge in [-0.05, 0) is 18.8 Å². The van der Waals surface area contributed by atoms with Crippen molar-refractivity contribution < 1.29 is 14.7 Å². The molecule has 0 rings (SSSR count). The van der Waals surface area contributed by atoms with Crippen LogP contribution in [0.2, 0.25) is 0 Å². The molecule has 0 aliphatic rings. The van der Waals surface area contributed by atoms with Crippen LogP contribution in [0.4, 0.5) is 4.79 Å². The number of carboxylic acid groups (broad SMARTS) is 1. The first-order chi connectivity index (χ1) is 8.82. The van der Waals surface area contributed by atoms with Gasteiger partial charge in [0, 0.05) is 6.54 Å². The molecule has 5 heteroatoms. The highest BCUT2D eigenvalue weighted by Crippen LogP contribution is 2.25. The zero-order valence-corrected chi connectivity index (χ0v) is 12.1. The van der Waals surface area contributed by atoms with Crippen molar-refractivity contribution in [2.24, 2.45) is 11.3 Å². The van der Waals surface area contributed by atoms with E-state index in [1.165, 1.54) is 0 Å². The van der Waals surface area contributed by atoms with E-state index in [4.69, 9.17) is 6.42 Å². The van der Waals surface area contributed by atoms with Gasteiger partial charge in [-0.2, -0.15) is 0 Å². The van der Waals surface area contributed by atoms with Crippen LogP contribution in [0.15, 0.2) is 0 Å². The van der Waals surface area contributed by atoms with Crippen molar-refractivity contribution in [2.45, 2.75) is 46.6 Å². The second-order valence-corrected chi connectivity index (χ2v) is 5.01. The molecule has 1 atom stereocenters. The van der Waals surface area contributed by atoms with Crippen molar-refractivity contribution in [3.8, 4) is 12.3 Å². The molecular weight excluding hydrogens is 244 g/mol. The number of carbonyl (C=O) groups is 2. The number of amides is 2. The highest BCUT2D eigenvalue weighted by molar-refractivity contribution is 5.78. The van der Waals surface area contributed by atoms with Gasteiger partial charge in [-0.3, -0.25) is 4.79 Å². The number of aliphatic carboxylic acids is 1. The van der Waals surface area contributed by atoms with Crippen LogP contribution in [-0.2, 0) is 4.79 Å². The van der Waals surface area contributed by atoms with Crippen molar-refractivity contribution >= 4 is 12.0 Å². The fourth-order valence-corrected chi connectivity index (χ4v) is 1.72. The second-order valence-electron chi connectivity index (χ2n) is 5.01. The Bertz CT molecular complexity index is 354. The van der Waals surface area contributed by atoms with E-state index in [1.807, 2.05) is 13.8 Å². The van der Waals surface area contributed by atoms with Gasteiger partial charge in [0.1, 0.15) is 0 Å². The molecular formula is C14H24N2O3. The van der Waals surface area contributed by atoms with Gasteiger partial charge in [0.25, 0.3) is 0 Å². The van der Waals surface area contributed by atoms with Crippen molar-refractivity contribution in [3.63, 3.8) is 0 Å². The molecule has 0 saturated heterocycles. The van der Waals surface area contributed by atoms with Crippen LogP contribution in [0.25, 0.3) is 0 Å². The van der Waals surface area contributed by atoms with Crippen LogP contribution < -0.4 is 10.6 Å². The fourth-order valence-electron chi connectivity index (χ4n) is 1.72. The van der Waals surface area contributed by atoms with E-state index in [0.717, 1.165) is 0 Å². The van der Waals surface area contributed by atoms with Gasteiger partial charge in [0.15, 0.2) is 0 Å². The van der Waals surface area contributed by atoms with Crippen LogP contribution in [0.5, 0.6) is 0 Å². The largest absolute Gasteiger partial charge is 0.481 e. The maximum absolute atomic E-state index is 11.7. The van der Waals surface area contributed by atoms with E-state index < -0.39 is 17.4 Å². The quantitative estimate of drug-likeness (QED) is 0.616. The van der Waals surface area contributed by atoms with E-state index in [2.05, 4.69) is 16.6 Å². The molecule has 5 nitrogen and oxygen atoms in total. The lowest BCUT2D eigenvalue weighted by Crippen LogP contribution is -2.49. The summed E-state index contributed by atoms with van der Waals surface area (Å²) in [6.45, 7) is 7.51. The van der Waals surface area contributed by atoms with Gasteiger partial charge >= 0.3 is 12.0 Å². The van der Waals surface area contributed by atoms with E-state index >= 15 is 0 Å². The van der Waals surface area contributed by atoms with Crippen LogP contribution in [-0.4, -0.2) is 29.7 Å². The molecule has 3 N–H and O–H groups in total. The average molecular weight is 268 g/mol. The van der Waals surface area contributed by atoms with Crippen LogP contribution >= 0.6 is 0 Å². The average Bonchev–Trinajstić information content (AvgIpc) is 2.37. The van der Waals surface area contributed by atoms with Crippen molar-refractivity contribution in [3.05, 3.63) is 0 Å². The first-order valence-corrected chi connectivity index (χ1v) is 6.56. The summed E-state index contributed by atoms with van der Waals surface area (Å²) in [6.07, 6.45) is 6.24. The monoisotopic (exact) mass is 268 g/mol. The molecule has 0 fully saturated rings. The van der Waals surface area contributed by atoms with Crippen molar-refractivity contribution in [2.75, 3.05) is 6.54 Å². The van der Waals surface area contributed by atoms with Gasteiger partial charge in [-0.15, -0.1) is 6.42 Å². The molecule has 2 amide bonds. The van der Waals surface area contributed by atoms with Crippen LogP contribution in [0.3, 0.4) is 0 Å². The number of carbonyl (C=O) groups excluding carboxylic acids is 1. The summed E-state index contributed by atoms with van der Waals surface area (Å²) >= 11 is 0. The SMILES string of the molecule is C#CC(NC(=O)NCC(CC)(CC)C(=O)O)C(C)C. The van der Waals surface area contributed by atoms with Gasteiger partial charge in [-0.25, -0.2) is 4.79 Å². The van der Waals surface area contributed by atoms with Gasteiger partial charge in [-0.1, -0.05) is 33.6 Å². The van der Waals surface area contributed by atoms with E-state index in [9.17, 15) is 14.7 Å². The Morgan fingerprint density at radius 2 is 1.84 bits per heavy atom. The van der Waals surface area contributed by atoms with E-state index in [0.29, 0.717) is 12.8 Å². The molecule has 0 saturated carbocycles. The van der Waals surface area contributed by atoms with Crippen molar-refractivity contribution in [1.29, 1.82) is 0 Å². The second kappa shape index (κ2) is 7.67. The van der Waals surface area contributed by atoms with Gasteiger partial charge < -0.3 is 15.7 Å². The molecule has 108 valence electrons. The summed E-state index contributed by atoms with van der Waals surface area (Å²) in [5.41, 5.74) is -0.916. The summed E-state index contributed by atoms with van der Waals surface area (Å²) < 4.78 is 0. The molecule has 19 heavy (non-hydrogen) atoms. The van der Waals surface area contributed by atoms with Crippen molar-refractivity contribution in [1.82, 2.24) is 10.6 Å². The Hall–Kier alpha value is -1.70. The standard InChI is InChI=1S/C14H24N2O3/c1-6-11(10(4)5)16-13(19)15-9-14(7-2,8-3)12(17)18/h1,10-11H,7-9H2,2-5H3,(H,17,18)(H2,15,16,19). The predicted molar refractivity (Wildman–Crippen MR) is 74.6 cm³/mol. The molecule has 0 radical (unpaired) electrons. The normalized spacial score (nSPS) is 12.6. The number of hydrogen-bond acceptors (Lipinski definition) is 2. The Morgan fingerprint density at radius 3 is 2.16 bits per heavy atom. The summed E-state index contributed by atoms with van der Waals surface area (Å²) in [5, 5.41) is 14.5. The number of carboxylic acids is 1. The lowest BCUT2D eigenvalue weighted by molar-refractivity contribution is -0.149. The Kier molecular flexibility index (Phi) is 6.99. The number of hydrogen-bond donors (Lipinski definition) is 3. The smallest absolute Gasteiger partial charge is 0.315 e. The minimum Gasteiger partial charge on any atom is -0.481 e. The van der Waals surface area contributed by atoms with Gasteiger partial charge in [0.05, 0.1) is 11.5 Å². The number of rotatable bonds is 7. The van der Waals surface area contributed by atoms with E-state index in [-0.39, 0.29) is 18.5 Å². The lowest BCUT2D eigenvalue weighted by atomic mass is 9.82. The molecule has 0 spiro atoms. The third kappa shape index (κ3) is 4.82. The minimum atomic E-state index is -0.916. The zero-order valence-electron chi connectivity index (χ0n) is 12.1. The molecule has 1 unspecified atom stereocenters. The highest BCUT2D eigenvalue weighted by atomic mass is 16.4. The Balaban J connectivity index is 4.51. The summed E-state index contributed by atoms with van der Waals surface area (Å²) in [5.74, 6) is 1.72. The first kappa shape index (κ1) is 17.3. The predicted octanol–water partition coefficient (Wildman–Crippen LogP) is 1.83. The number of nitrogens with one attached hydrogen (secondary N) is 2. The molecule has 0 aliphatic heterocycles. The molecule has 0 aromatic carbocycles. The Labute approximate surface area is 115 Å².